The molecule has 0 spiro atoms. The van der Waals surface area contributed by atoms with Gasteiger partial charge in [-0.05, 0) is 29.7 Å². The molecule has 0 radical (unpaired) electrons. The molecule has 3 aromatic rings. The fourth-order valence-electron chi connectivity index (χ4n) is 3.72. The average Bonchev–Trinajstić information content (AvgIpc) is 3.24. The Bertz CT molecular complexity index is 1270. The van der Waals surface area contributed by atoms with Crippen molar-refractivity contribution in [2.45, 2.75) is 24.4 Å². The maximum Gasteiger partial charge on any atom is 0.435 e. The van der Waals surface area contributed by atoms with Crippen LogP contribution >= 0.6 is 0 Å². The first-order valence-electron chi connectivity index (χ1n) is 9.43. The molecule has 0 saturated heterocycles. The van der Waals surface area contributed by atoms with Gasteiger partial charge in [-0.2, -0.15) is 26.3 Å². The summed E-state index contributed by atoms with van der Waals surface area (Å²) in [7, 11) is 1.18. The molecule has 0 saturated carbocycles. The number of oxime groups is 1. The Morgan fingerprint density at radius 1 is 1.06 bits per heavy atom. The lowest BCUT2D eigenvalue weighted by molar-refractivity contribution is -0.276. The average molecular weight is 468 g/mol. The van der Waals surface area contributed by atoms with Gasteiger partial charge in [-0.25, -0.2) is 4.79 Å². The molecular formula is C22H14F6N2O3. The quantitative estimate of drug-likeness (QED) is 0.370. The molecule has 0 amide bonds. The Hall–Kier alpha value is -3.63. The normalized spacial score (nSPS) is 18.7. The lowest BCUT2D eigenvalue weighted by Gasteiger charge is -2.30. The number of halogens is 6. The summed E-state index contributed by atoms with van der Waals surface area (Å²) in [5, 5.41) is 4.29. The summed E-state index contributed by atoms with van der Waals surface area (Å²) in [4.78, 5) is 20.8. The summed E-state index contributed by atoms with van der Waals surface area (Å²) in [6.07, 6.45) is -8.05. The number of carbonyl (C=O) groups excluding carboxylic acids is 1. The Morgan fingerprint density at radius 2 is 1.82 bits per heavy atom. The molecule has 11 heteroatoms. The molecule has 5 nitrogen and oxygen atoms in total. The molecule has 1 aliphatic heterocycles. The van der Waals surface area contributed by atoms with E-state index in [0.29, 0.717) is 22.9 Å². The molecule has 4 rings (SSSR count). The molecular weight excluding hydrogens is 454 g/mol. The first-order valence-corrected chi connectivity index (χ1v) is 9.43. The van der Waals surface area contributed by atoms with Crippen molar-refractivity contribution in [2.75, 3.05) is 7.11 Å². The second-order valence-electron chi connectivity index (χ2n) is 7.28. The van der Waals surface area contributed by atoms with E-state index in [1.165, 1.54) is 37.7 Å². The summed E-state index contributed by atoms with van der Waals surface area (Å²) in [5.41, 5.74) is -4.84. The fraction of sp³-hybridized carbons (Fsp3) is 0.227. The van der Waals surface area contributed by atoms with Gasteiger partial charge in [0.15, 0.2) is 0 Å². The molecule has 172 valence electrons. The van der Waals surface area contributed by atoms with Gasteiger partial charge in [0.1, 0.15) is 0 Å². The highest BCUT2D eigenvalue weighted by Gasteiger charge is 2.62. The van der Waals surface area contributed by atoms with E-state index in [9.17, 15) is 31.1 Å². The Kier molecular flexibility index (Phi) is 5.30. The van der Waals surface area contributed by atoms with Gasteiger partial charge >= 0.3 is 18.3 Å². The number of hydrogen-bond donors (Lipinski definition) is 0. The number of carbonyl (C=O) groups is 1. The Labute approximate surface area is 182 Å². The third-order valence-corrected chi connectivity index (χ3v) is 5.38. The summed E-state index contributed by atoms with van der Waals surface area (Å²) in [6, 6.07) is 7.12. The highest BCUT2D eigenvalue weighted by Crippen LogP contribution is 2.50. The summed E-state index contributed by atoms with van der Waals surface area (Å²) in [6.45, 7) is 0. The van der Waals surface area contributed by atoms with Crippen molar-refractivity contribution >= 4 is 22.5 Å². The lowest BCUT2D eigenvalue weighted by atomic mass is 9.85. The van der Waals surface area contributed by atoms with Crippen LogP contribution in [-0.4, -0.2) is 30.0 Å². The first-order chi connectivity index (χ1) is 15.5. The number of benzene rings is 2. The van der Waals surface area contributed by atoms with Gasteiger partial charge in [0.2, 0.25) is 0 Å². The van der Waals surface area contributed by atoms with Crippen molar-refractivity contribution < 1.29 is 40.7 Å². The van der Waals surface area contributed by atoms with Crippen LogP contribution in [0.4, 0.5) is 26.3 Å². The van der Waals surface area contributed by atoms with Crippen LogP contribution in [0.5, 0.6) is 0 Å². The molecule has 1 aliphatic rings. The molecule has 33 heavy (non-hydrogen) atoms. The highest BCUT2D eigenvalue weighted by molar-refractivity contribution is 6.15. The number of rotatable bonds is 3. The van der Waals surface area contributed by atoms with Crippen LogP contribution in [0.15, 0.2) is 60.0 Å². The minimum absolute atomic E-state index is 0.141. The highest BCUT2D eigenvalue weighted by atomic mass is 19.4. The number of hydrogen-bond acceptors (Lipinski definition) is 5. The van der Waals surface area contributed by atoms with Crippen LogP contribution in [0.1, 0.15) is 33.5 Å². The number of nitrogens with zero attached hydrogens (tertiary/aromatic N) is 2. The second-order valence-corrected chi connectivity index (χ2v) is 7.28. The summed E-state index contributed by atoms with van der Waals surface area (Å²) < 4.78 is 86.7. The fourth-order valence-corrected chi connectivity index (χ4v) is 3.72. The molecule has 2 heterocycles. The number of pyridine rings is 1. The maximum atomic E-state index is 14.2. The minimum atomic E-state index is -5.08. The van der Waals surface area contributed by atoms with Crippen LogP contribution in [0, 0.1) is 0 Å². The van der Waals surface area contributed by atoms with E-state index in [-0.39, 0.29) is 16.8 Å². The molecule has 2 aromatic carbocycles. The standard InChI is InChI=1S/C22H14F6N2O3/c1-32-19(31)16-6-5-15(14-7-8-29-11-17(14)16)18-10-20(33-30-18,22(26,27)28)12-3-2-4-13(9-12)21(23,24)25/h2-9,11H,10H2,1H3. The zero-order valence-electron chi connectivity index (χ0n) is 16.8. The van der Waals surface area contributed by atoms with Crippen LogP contribution in [0.3, 0.4) is 0 Å². The predicted molar refractivity (Wildman–Crippen MR) is 104 cm³/mol. The zero-order chi connectivity index (χ0) is 24.0. The van der Waals surface area contributed by atoms with Crippen LogP contribution < -0.4 is 0 Å². The molecule has 0 N–H and O–H groups in total. The van der Waals surface area contributed by atoms with E-state index >= 15 is 0 Å². The largest absolute Gasteiger partial charge is 0.465 e. The van der Waals surface area contributed by atoms with Crippen molar-refractivity contribution in [3.05, 3.63) is 77.1 Å². The summed E-state index contributed by atoms with van der Waals surface area (Å²) >= 11 is 0. The van der Waals surface area contributed by atoms with Gasteiger partial charge in [-0.15, -0.1) is 0 Å². The number of fused-ring (bicyclic) bond motifs is 1. The van der Waals surface area contributed by atoms with Gasteiger partial charge in [-0.3, -0.25) is 4.98 Å². The molecule has 1 unspecified atom stereocenters. The minimum Gasteiger partial charge on any atom is -0.465 e. The molecule has 0 aliphatic carbocycles. The van der Waals surface area contributed by atoms with Crippen molar-refractivity contribution in [1.82, 2.24) is 4.98 Å². The van der Waals surface area contributed by atoms with Crippen molar-refractivity contribution in [1.29, 1.82) is 0 Å². The van der Waals surface area contributed by atoms with Crippen LogP contribution in [-0.2, 0) is 21.4 Å². The predicted octanol–water partition coefficient (Wildman–Crippen LogP) is 5.62. The van der Waals surface area contributed by atoms with Crippen LogP contribution in [0.25, 0.3) is 10.8 Å². The summed E-state index contributed by atoms with van der Waals surface area (Å²) in [5.74, 6) is -0.669. The molecule has 1 atom stereocenters. The topological polar surface area (TPSA) is 60.8 Å². The van der Waals surface area contributed by atoms with Gasteiger partial charge < -0.3 is 9.57 Å². The van der Waals surface area contributed by atoms with Crippen LogP contribution in [0.2, 0.25) is 0 Å². The lowest BCUT2D eigenvalue weighted by Crippen LogP contribution is -2.42. The molecule has 0 bridgehead atoms. The van der Waals surface area contributed by atoms with Gasteiger partial charge in [0.05, 0.1) is 23.9 Å². The number of aromatic nitrogens is 1. The van der Waals surface area contributed by atoms with Crippen molar-refractivity contribution in [2.24, 2.45) is 5.16 Å². The number of methoxy groups -OCH3 is 1. The molecule has 0 fully saturated rings. The Balaban J connectivity index is 1.82. The number of alkyl halides is 6. The third-order valence-electron chi connectivity index (χ3n) is 5.38. The van der Waals surface area contributed by atoms with E-state index in [4.69, 9.17) is 9.57 Å². The van der Waals surface area contributed by atoms with Crippen molar-refractivity contribution in [3.8, 4) is 0 Å². The smallest absolute Gasteiger partial charge is 0.435 e. The third kappa shape index (κ3) is 3.77. The van der Waals surface area contributed by atoms with E-state index in [1.54, 1.807) is 0 Å². The Morgan fingerprint density at radius 3 is 2.48 bits per heavy atom. The van der Waals surface area contributed by atoms with Gasteiger partial charge in [0, 0.05) is 35.3 Å². The van der Waals surface area contributed by atoms with Gasteiger partial charge in [0.25, 0.3) is 5.60 Å². The second kappa shape index (κ2) is 7.75. The van der Waals surface area contributed by atoms with E-state index in [2.05, 4.69) is 10.1 Å². The number of ether oxygens (including phenoxy) is 1. The van der Waals surface area contributed by atoms with Gasteiger partial charge in [-0.1, -0.05) is 23.4 Å². The van der Waals surface area contributed by atoms with E-state index in [1.807, 2.05) is 0 Å². The SMILES string of the molecule is COC(=O)c1ccc(C2=NOC(c3cccc(C(F)(F)F)c3)(C(F)(F)F)C2)c2ccncc12. The molecule has 1 aromatic heterocycles. The zero-order valence-corrected chi connectivity index (χ0v) is 16.8. The van der Waals surface area contributed by atoms with Crippen molar-refractivity contribution in [3.63, 3.8) is 0 Å². The maximum absolute atomic E-state index is 14.2. The first kappa shape index (κ1) is 22.6. The number of esters is 1. The van der Waals surface area contributed by atoms with E-state index < -0.39 is 41.5 Å². The monoisotopic (exact) mass is 468 g/mol. The van der Waals surface area contributed by atoms with E-state index in [0.717, 1.165) is 12.1 Å².